The predicted octanol–water partition coefficient (Wildman–Crippen LogP) is 2.85. The Morgan fingerprint density at radius 2 is 2.11 bits per heavy atom. The van der Waals surface area contributed by atoms with Gasteiger partial charge in [0.1, 0.15) is 11.5 Å². The first-order valence-electron chi connectivity index (χ1n) is 6.34. The molecule has 2 heterocycles. The Balaban J connectivity index is 1.75. The van der Waals surface area contributed by atoms with Gasteiger partial charge in [-0.05, 0) is 18.6 Å². The largest absolute Gasteiger partial charge is 0.458 e. The first-order valence-corrected chi connectivity index (χ1v) is 7.22. The van der Waals surface area contributed by atoms with Crippen LogP contribution in [0.5, 0.6) is 0 Å². The first kappa shape index (κ1) is 12.1. The molecule has 4 atom stereocenters. The number of esters is 1. The van der Waals surface area contributed by atoms with Crippen LogP contribution in [0.25, 0.3) is 0 Å². The Hall–Kier alpha value is -1.00. The summed E-state index contributed by atoms with van der Waals surface area (Å²) in [6, 6.07) is 10.1. The molecule has 2 aliphatic rings. The highest BCUT2D eigenvalue weighted by molar-refractivity contribution is 7.99. The monoisotopic (exact) mass is 264 g/mol. The molecule has 0 saturated carbocycles. The molecule has 0 aliphatic carbocycles. The molecule has 3 rings (SSSR count). The third kappa shape index (κ3) is 2.15. The summed E-state index contributed by atoms with van der Waals surface area (Å²) in [7, 11) is 0. The number of thioether (sulfide) groups is 1. The fraction of sp³-hybridized carbons (Fsp3) is 0.500. The maximum Gasteiger partial charge on any atom is 0.306 e. The van der Waals surface area contributed by atoms with Gasteiger partial charge in [-0.15, -0.1) is 0 Å². The summed E-state index contributed by atoms with van der Waals surface area (Å²) in [6.07, 6.45) is 1.52. The highest BCUT2D eigenvalue weighted by atomic mass is 32.2. The summed E-state index contributed by atoms with van der Waals surface area (Å²) in [4.78, 5) is 12.6. The SMILES string of the molecule is CC[C@H]1OC(Sc2ccccc2)C2OC(=O)C[C@@H]21. The van der Waals surface area contributed by atoms with E-state index in [9.17, 15) is 4.79 Å². The van der Waals surface area contributed by atoms with Gasteiger partial charge in [-0.1, -0.05) is 36.9 Å². The molecule has 0 spiro atoms. The molecule has 1 aromatic carbocycles. The molecule has 96 valence electrons. The van der Waals surface area contributed by atoms with Crippen LogP contribution >= 0.6 is 11.8 Å². The Kier molecular flexibility index (Phi) is 3.31. The van der Waals surface area contributed by atoms with E-state index >= 15 is 0 Å². The number of fused-ring (bicyclic) bond motifs is 1. The van der Waals surface area contributed by atoms with E-state index < -0.39 is 0 Å². The zero-order chi connectivity index (χ0) is 12.5. The van der Waals surface area contributed by atoms with Crippen LogP contribution in [-0.4, -0.2) is 23.6 Å². The van der Waals surface area contributed by atoms with Crippen molar-refractivity contribution in [3.63, 3.8) is 0 Å². The van der Waals surface area contributed by atoms with E-state index in [4.69, 9.17) is 9.47 Å². The molecular formula is C14H16O3S. The molecule has 1 aromatic rings. The lowest BCUT2D eigenvalue weighted by atomic mass is 9.96. The first-order chi connectivity index (χ1) is 8.78. The van der Waals surface area contributed by atoms with Gasteiger partial charge in [-0.25, -0.2) is 0 Å². The predicted molar refractivity (Wildman–Crippen MR) is 69.2 cm³/mol. The van der Waals surface area contributed by atoms with Crippen molar-refractivity contribution in [2.45, 2.75) is 42.3 Å². The molecular weight excluding hydrogens is 248 g/mol. The van der Waals surface area contributed by atoms with Crippen LogP contribution in [0.1, 0.15) is 19.8 Å². The molecule has 18 heavy (non-hydrogen) atoms. The summed E-state index contributed by atoms with van der Waals surface area (Å²) in [5.41, 5.74) is -0.0613. The van der Waals surface area contributed by atoms with Crippen LogP contribution in [0.4, 0.5) is 0 Å². The zero-order valence-corrected chi connectivity index (χ0v) is 11.1. The van der Waals surface area contributed by atoms with E-state index in [1.807, 2.05) is 18.2 Å². The lowest BCUT2D eigenvalue weighted by molar-refractivity contribution is -0.143. The van der Waals surface area contributed by atoms with Crippen LogP contribution < -0.4 is 0 Å². The fourth-order valence-corrected chi connectivity index (χ4v) is 3.85. The van der Waals surface area contributed by atoms with Crippen molar-refractivity contribution in [1.82, 2.24) is 0 Å². The minimum Gasteiger partial charge on any atom is -0.458 e. The average molecular weight is 264 g/mol. The normalized spacial score (nSPS) is 34.4. The standard InChI is InChI=1S/C14H16O3S/c1-2-11-10-8-12(15)17-13(10)14(16-11)18-9-6-4-3-5-7-9/h3-7,10-11,13-14H,2,8H2,1H3/t10-,11-,13?,14?/m1/s1. The van der Waals surface area contributed by atoms with E-state index in [-0.39, 0.29) is 29.5 Å². The van der Waals surface area contributed by atoms with Gasteiger partial charge >= 0.3 is 5.97 Å². The van der Waals surface area contributed by atoms with Crippen molar-refractivity contribution in [2.75, 3.05) is 0 Å². The summed E-state index contributed by atoms with van der Waals surface area (Å²) < 4.78 is 11.4. The number of hydrogen-bond acceptors (Lipinski definition) is 4. The number of rotatable bonds is 3. The Morgan fingerprint density at radius 3 is 2.83 bits per heavy atom. The fourth-order valence-electron chi connectivity index (χ4n) is 2.67. The van der Waals surface area contributed by atoms with E-state index in [2.05, 4.69) is 19.1 Å². The second-order valence-corrected chi connectivity index (χ2v) is 5.88. The van der Waals surface area contributed by atoms with Crippen LogP contribution in [-0.2, 0) is 14.3 Å². The van der Waals surface area contributed by atoms with Gasteiger partial charge in [0.25, 0.3) is 0 Å². The van der Waals surface area contributed by atoms with E-state index in [1.54, 1.807) is 11.8 Å². The summed E-state index contributed by atoms with van der Waals surface area (Å²) in [6.45, 7) is 2.10. The second-order valence-electron chi connectivity index (χ2n) is 4.70. The molecule has 2 unspecified atom stereocenters. The van der Waals surface area contributed by atoms with Gasteiger partial charge in [0.15, 0.2) is 0 Å². The highest BCUT2D eigenvalue weighted by Crippen LogP contribution is 2.44. The zero-order valence-electron chi connectivity index (χ0n) is 10.2. The van der Waals surface area contributed by atoms with Crippen molar-refractivity contribution in [2.24, 2.45) is 5.92 Å². The molecule has 3 nitrogen and oxygen atoms in total. The maximum absolute atomic E-state index is 11.4. The molecule has 2 aliphatic heterocycles. The van der Waals surface area contributed by atoms with Crippen molar-refractivity contribution in [3.05, 3.63) is 30.3 Å². The van der Waals surface area contributed by atoms with Gasteiger partial charge in [-0.3, -0.25) is 4.79 Å². The third-order valence-corrected chi connectivity index (χ3v) is 4.70. The Morgan fingerprint density at radius 1 is 1.33 bits per heavy atom. The molecule has 0 radical (unpaired) electrons. The van der Waals surface area contributed by atoms with Crippen molar-refractivity contribution < 1.29 is 14.3 Å². The number of carbonyl (C=O) groups is 1. The third-order valence-electron chi connectivity index (χ3n) is 3.54. The van der Waals surface area contributed by atoms with Gasteiger partial charge in [-0.2, -0.15) is 0 Å². The molecule has 0 bridgehead atoms. The van der Waals surface area contributed by atoms with Gasteiger partial charge in [0, 0.05) is 10.8 Å². The lowest BCUT2D eigenvalue weighted by Gasteiger charge is -2.16. The topological polar surface area (TPSA) is 35.5 Å². The van der Waals surface area contributed by atoms with E-state index in [0.717, 1.165) is 11.3 Å². The number of carbonyl (C=O) groups excluding carboxylic acids is 1. The lowest BCUT2D eigenvalue weighted by Crippen LogP contribution is -2.22. The average Bonchev–Trinajstić information content (AvgIpc) is 2.90. The van der Waals surface area contributed by atoms with E-state index in [0.29, 0.717) is 6.42 Å². The smallest absolute Gasteiger partial charge is 0.306 e. The number of hydrogen-bond donors (Lipinski definition) is 0. The van der Waals surface area contributed by atoms with Gasteiger partial charge in [0.05, 0.1) is 12.5 Å². The Labute approximate surface area is 111 Å². The molecule has 0 aromatic heterocycles. The van der Waals surface area contributed by atoms with Crippen molar-refractivity contribution in [1.29, 1.82) is 0 Å². The molecule has 0 N–H and O–H groups in total. The maximum atomic E-state index is 11.4. The van der Waals surface area contributed by atoms with Crippen LogP contribution in [0.15, 0.2) is 35.2 Å². The second kappa shape index (κ2) is 4.94. The van der Waals surface area contributed by atoms with Crippen LogP contribution in [0.3, 0.4) is 0 Å². The van der Waals surface area contributed by atoms with Crippen molar-refractivity contribution >= 4 is 17.7 Å². The molecule has 2 fully saturated rings. The van der Waals surface area contributed by atoms with E-state index in [1.165, 1.54) is 0 Å². The summed E-state index contributed by atoms with van der Waals surface area (Å²) in [5, 5.41) is 0. The van der Waals surface area contributed by atoms with Gasteiger partial charge < -0.3 is 9.47 Å². The number of ether oxygens (including phenoxy) is 2. The van der Waals surface area contributed by atoms with Crippen LogP contribution in [0, 0.1) is 5.92 Å². The number of benzene rings is 1. The summed E-state index contributed by atoms with van der Waals surface area (Å²) >= 11 is 1.65. The highest BCUT2D eigenvalue weighted by Gasteiger charge is 2.51. The molecule has 4 heteroatoms. The van der Waals surface area contributed by atoms with Gasteiger partial charge in [0.2, 0.25) is 0 Å². The minimum atomic E-state index is -0.0783. The van der Waals surface area contributed by atoms with Crippen molar-refractivity contribution in [3.8, 4) is 0 Å². The Bertz CT molecular complexity index is 434. The molecule has 2 saturated heterocycles. The quantitative estimate of drug-likeness (QED) is 0.786. The molecule has 0 amide bonds. The van der Waals surface area contributed by atoms with Crippen LogP contribution in [0.2, 0.25) is 0 Å². The summed E-state index contributed by atoms with van der Waals surface area (Å²) in [5.74, 6) is 0.161. The minimum absolute atomic E-state index is 0.0613.